The zero-order chi connectivity index (χ0) is 7.78. The Hall–Kier alpha value is 0.949. The third kappa shape index (κ3) is 1.97. The van der Waals surface area contributed by atoms with E-state index in [1.807, 2.05) is 13.8 Å². The van der Waals surface area contributed by atoms with Crippen molar-refractivity contribution in [1.82, 2.24) is 0 Å². The van der Waals surface area contributed by atoms with Crippen molar-refractivity contribution in [3.8, 4) is 0 Å². The Labute approximate surface area is 81.6 Å². The zero-order valence-corrected chi connectivity index (χ0v) is 10.0. The maximum atomic E-state index is 9.64. The molecule has 0 aromatic carbocycles. The summed E-state index contributed by atoms with van der Waals surface area (Å²) in [4.78, 5) is 0. The van der Waals surface area contributed by atoms with Crippen molar-refractivity contribution >= 4 is 37.5 Å². The van der Waals surface area contributed by atoms with Crippen LogP contribution in [0, 0.1) is 0 Å². The van der Waals surface area contributed by atoms with Gasteiger partial charge < -0.3 is 0 Å². The maximum absolute atomic E-state index is 9.64. The van der Waals surface area contributed by atoms with E-state index in [4.69, 9.17) is 0 Å². The summed E-state index contributed by atoms with van der Waals surface area (Å²) in [7, 11) is 0. The normalized spacial score (nSPS) is 20.4. The average Bonchev–Trinajstić information content (AvgIpc) is 2.11. The first kappa shape index (κ1) is 9.04. The SMILES string of the molecule is CC(C)(O)C1=C(I)CC[Se]1. The van der Waals surface area contributed by atoms with Crippen molar-refractivity contribution in [3.63, 3.8) is 0 Å². The van der Waals surface area contributed by atoms with Gasteiger partial charge in [-0.15, -0.1) is 0 Å². The molecule has 0 bridgehead atoms. The van der Waals surface area contributed by atoms with Gasteiger partial charge in [0.25, 0.3) is 0 Å². The monoisotopic (exact) mass is 318 g/mol. The quantitative estimate of drug-likeness (QED) is 0.579. The molecule has 1 rings (SSSR count). The van der Waals surface area contributed by atoms with E-state index < -0.39 is 5.60 Å². The molecule has 10 heavy (non-hydrogen) atoms. The molecule has 0 saturated carbocycles. The van der Waals surface area contributed by atoms with Crippen LogP contribution in [-0.2, 0) is 0 Å². The van der Waals surface area contributed by atoms with Gasteiger partial charge in [-0.2, -0.15) is 0 Å². The molecule has 0 unspecified atom stereocenters. The van der Waals surface area contributed by atoms with Crippen LogP contribution in [0.1, 0.15) is 20.3 Å². The van der Waals surface area contributed by atoms with Crippen molar-refractivity contribution in [1.29, 1.82) is 0 Å². The summed E-state index contributed by atoms with van der Waals surface area (Å²) in [6.07, 6.45) is 1.19. The molecule has 0 radical (unpaired) electrons. The van der Waals surface area contributed by atoms with Crippen LogP contribution in [0.15, 0.2) is 8.05 Å². The van der Waals surface area contributed by atoms with Crippen LogP contribution in [0.25, 0.3) is 0 Å². The topological polar surface area (TPSA) is 20.2 Å². The molecule has 0 aliphatic carbocycles. The van der Waals surface area contributed by atoms with Crippen LogP contribution in [0.4, 0.5) is 0 Å². The summed E-state index contributed by atoms with van der Waals surface area (Å²) in [5, 5.41) is 10.9. The van der Waals surface area contributed by atoms with Gasteiger partial charge in [-0.3, -0.25) is 0 Å². The molecule has 1 nitrogen and oxygen atoms in total. The van der Waals surface area contributed by atoms with Crippen LogP contribution in [0.5, 0.6) is 0 Å². The minimum atomic E-state index is -0.549. The van der Waals surface area contributed by atoms with E-state index in [9.17, 15) is 5.11 Å². The molecule has 0 saturated heterocycles. The molecule has 1 heterocycles. The van der Waals surface area contributed by atoms with Gasteiger partial charge in [0, 0.05) is 0 Å². The van der Waals surface area contributed by atoms with Gasteiger partial charge in [-0.05, 0) is 0 Å². The second-order valence-electron chi connectivity index (χ2n) is 2.89. The summed E-state index contributed by atoms with van der Waals surface area (Å²) in [5.74, 6) is 0. The fraction of sp³-hybridized carbons (Fsp3) is 0.714. The second-order valence-corrected chi connectivity index (χ2v) is 6.51. The molecule has 0 aromatic heterocycles. The van der Waals surface area contributed by atoms with E-state index in [2.05, 4.69) is 22.6 Å². The molecule has 3 heteroatoms. The van der Waals surface area contributed by atoms with Crippen molar-refractivity contribution in [2.75, 3.05) is 0 Å². The molecule has 1 aliphatic rings. The Kier molecular flexibility index (Phi) is 2.83. The number of rotatable bonds is 1. The number of aliphatic hydroxyl groups is 1. The summed E-state index contributed by atoms with van der Waals surface area (Å²) < 4.78 is 2.70. The van der Waals surface area contributed by atoms with Crippen LogP contribution in [0.2, 0.25) is 5.32 Å². The summed E-state index contributed by atoms with van der Waals surface area (Å²) >= 11 is 2.92. The molecule has 1 aliphatic heterocycles. The predicted octanol–water partition coefficient (Wildman–Crippen LogP) is 1.93. The minimum absolute atomic E-state index is 0.549. The average molecular weight is 317 g/mol. The number of allylic oxidation sites excluding steroid dienone is 1. The molecular formula is C7H11IOSe. The van der Waals surface area contributed by atoms with Crippen LogP contribution >= 0.6 is 22.6 Å². The van der Waals surface area contributed by atoms with Gasteiger partial charge in [-0.1, -0.05) is 0 Å². The third-order valence-electron chi connectivity index (χ3n) is 1.37. The Morgan fingerprint density at radius 1 is 1.60 bits per heavy atom. The van der Waals surface area contributed by atoms with Gasteiger partial charge >= 0.3 is 81.9 Å². The molecule has 0 aromatic rings. The molecule has 0 amide bonds. The van der Waals surface area contributed by atoms with E-state index in [1.54, 1.807) is 0 Å². The second kappa shape index (κ2) is 3.13. The van der Waals surface area contributed by atoms with E-state index >= 15 is 0 Å². The fourth-order valence-corrected chi connectivity index (χ4v) is 5.86. The number of hydrogen-bond acceptors (Lipinski definition) is 1. The number of halogens is 1. The Morgan fingerprint density at radius 2 is 2.20 bits per heavy atom. The van der Waals surface area contributed by atoms with Gasteiger partial charge in [0.05, 0.1) is 0 Å². The van der Waals surface area contributed by atoms with E-state index in [0.29, 0.717) is 15.0 Å². The Balaban J connectivity index is 2.81. The Morgan fingerprint density at radius 3 is 2.40 bits per heavy atom. The van der Waals surface area contributed by atoms with Crippen LogP contribution < -0.4 is 0 Å². The van der Waals surface area contributed by atoms with E-state index in [1.165, 1.54) is 19.8 Å². The summed E-state index contributed by atoms with van der Waals surface area (Å²) in [6, 6.07) is 0. The first-order chi connectivity index (χ1) is 4.52. The van der Waals surface area contributed by atoms with Crippen LogP contribution in [0.3, 0.4) is 0 Å². The first-order valence-corrected chi connectivity index (χ1v) is 6.41. The van der Waals surface area contributed by atoms with Gasteiger partial charge in [0.2, 0.25) is 0 Å². The molecule has 1 N–H and O–H groups in total. The third-order valence-corrected chi connectivity index (χ3v) is 6.30. The van der Waals surface area contributed by atoms with Crippen molar-refractivity contribution < 1.29 is 5.11 Å². The standard InChI is InChI=1S/C7H11IOSe/c1-7(2,9)6-5(8)3-4-10-6/h9H,3-4H2,1-2H3. The summed E-state index contributed by atoms with van der Waals surface area (Å²) in [5.41, 5.74) is -0.549. The fourth-order valence-electron chi connectivity index (χ4n) is 0.943. The summed E-state index contributed by atoms with van der Waals surface area (Å²) in [6.45, 7) is 3.77. The predicted molar refractivity (Wildman–Crippen MR) is 52.5 cm³/mol. The van der Waals surface area contributed by atoms with Crippen molar-refractivity contribution in [3.05, 3.63) is 8.05 Å². The Bertz CT molecular complexity index is 169. The van der Waals surface area contributed by atoms with Crippen molar-refractivity contribution in [2.24, 2.45) is 0 Å². The van der Waals surface area contributed by atoms with Crippen molar-refractivity contribution in [2.45, 2.75) is 31.2 Å². The first-order valence-electron chi connectivity index (χ1n) is 3.26. The van der Waals surface area contributed by atoms with Gasteiger partial charge in [0.1, 0.15) is 0 Å². The molecule has 0 atom stereocenters. The molecule has 0 spiro atoms. The molecular weight excluding hydrogens is 306 g/mol. The molecule has 0 fully saturated rings. The zero-order valence-electron chi connectivity index (χ0n) is 6.15. The van der Waals surface area contributed by atoms with Gasteiger partial charge in [0.15, 0.2) is 0 Å². The van der Waals surface area contributed by atoms with Gasteiger partial charge in [-0.25, -0.2) is 0 Å². The molecule has 58 valence electrons. The number of hydrogen-bond donors (Lipinski definition) is 1. The van der Waals surface area contributed by atoms with E-state index in [0.717, 1.165) is 0 Å². The van der Waals surface area contributed by atoms with Crippen LogP contribution in [-0.4, -0.2) is 25.7 Å². The van der Waals surface area contributed by atoms with E-state index in [-0.39, 0.29) is 0 Å².